The summed E-state index contributed by atoms with van der Waals surface area (Å²) in [6, 6.07) is 5.13. The zero-order valence-corrected chi connectivity index (χ0v) is 14.0. The standard InChI is InChI=1S/C18H18FN3O4/c1-26-14-2-3-15(16(19)7-14)18(25)22-12-5-11(6-12)21-17(24)10-4-13(23)9-20-8-10/h2-4,7-9,11-12,23H,5-6H2,1H3,(H,21,24)(H,22,25). The number of rotatable bonds is 5. The number of carbonyl (C=O) groups is 2. The quantitative estimate of drug-likeness (QED) is 0.753. The fraction of sp³-hybridized carbons (Fsp3) is 0.278. The third kappa shape index (κ3) is 3.90. The summed E-state index contributed by atoms with van der Waals surface area (Å²) in [4.78, 5) is 27.9. The van der Waals surface area contributed by atoms with Crippen LogP contribution in [0.25, 0.3) is 0 Å². The Balaban J connectivity index is 1.49. The van der Waals surface area contributed by atoms with Crippen molar-refractivity contribution in [3.05, 3.63) is 53.6 Å². The van der Waals surface area contributed by atoms with Crippen LogP contribution in [0, 0.1) is 5.82 Å². The van der Waals surface area contributed by atoms with Crippen LogP contribution in [0.1, 0.15) is 33.6 Å². The molecule has 1 heterocycles. The van der Waals surface area contributed by atoms with E-state index in [2.05, 4.69) is 15.6 Å². The number of ether oxygens (including phenoxy) is 1. The largest absolute Gasteiger partial charge is 0.506 e. The van der Waals surface area contributed by atoms with Gasteiger partial charge in [0.25, 0.3) is 11.8 Å². The molecule has 3 rings (SSSR count). The summed E-state index contributed by atoms with van der Waals surface area (Å²) >= 11 is 0. The molecule has 136 valence electrons. The molecule has 8 heteroatoms. The van der Waals surface area contributed by atoms with Crippen LogP contribution in [-0.2, 0) is 0 Å². The molecule has 0 unspecified atom stereocenters. The number of hydrogen-bond donors (Lipinski definition) is 3. The molecule has 3 N–H and O–H groups in total. The number of aromatic hydroxyl groups is 1. The van der Waals surface area contributed by atoms with Gasteiger partial charge in [-0.15, -0.1) is 0 Å². The van der Waals surface area contributed by atoms with Gasteiger partial charge in [-0.25, -0.2) is 4.39 Å². The van der Waals surface area contributed by atoms with Crippen LogP contribution in [0.15, 0.2) is 36.7 Å². The van der Waals surface area contributed by atoms with Gasteiger partial charge in [-0.3, -0.25) is 14.6 Å². The van der Waals surface area contributed by atoms with E-state index in [0.29, 0.717) is 18.6 Å². The van der Waals surface area contributed by atoms with E-state index in [4.69, 9.17) is 4.74 Å². The number of carbonyl (C=O) groups excluding carboxylic acids is 2. The molecule has 0 atom stereocenters. The Morgan fingerprint density at radius 3 is 2.46 bits per heavy atom. The Labute approximate surface area is 149 Å². The summed E-state index contributed by atoms with van der Waals surface area (Å²) in [6.07, 6.45) is 3.69. The maximum atomic E-state index is 13.9. The van der Waals surface area contributed by atoms with Crippen molar-refractivity contribution in [2.24, 2.45) is 0 Å². The molecule has 2 aromatic rings. The number of aromatic nitrogens is 1. The maximum absolute atomic E-state index is 13.9. The number of hydrogen-bond acceptors (Lipinski definition) is 5. The second kappa shape index (κ2) is 7.38. The maximum Gasteiger partial charge on any atom is 0.254 e. The summed E-state index contributed by atoms with van der Waals surface area (Å²) < 4.78 is 18.8. The van der Waals surface area contributed by atoms with E-state index in [1.54, 1.807) is 0 Å². The van der Waals surface area contributed by atoms with Crippen LogP contribution < -0.4 is 15.4 Å². The van der Waals surface area contributed by atoms with Crippen molar-refractivity contribution in [1.29, 1.82) is 0 Å². The molecule has 1 aromatic carbocycles. The predicted molar refractivity (Wildman–Crippen MR) is 90.6 cm³/mol. The van der Waals surface area contributed by atoms with Crippen LogP contribution in [0.5, 0.6) is 11.5 Å². The van der Waals surface area contributed by atoms with Crippen molar-refractivity contribution in [3.8, 4) is 11.5 Å². The Hall–Kier alpha value is -3.16. The van der Waals surface area contributed by atoms with Gasteiger partial charge in [0.1, 0.15) is 17.3 Å². The third-order valence-corrected chi connectivity index (χ3v) is 4.22. The van der Waals surface area contributed by atoms with Gasteiger partial charge in [-0.05, 0) is 31.0 Å². The first kappa shape index (κ1) is 17.7. The number of benzene rings is 1. The molecule has 0 radical (unpaired) electrons. The summed E-state index contributed by atoms with van der Waals surface area (Å²) in [5.41, 5.74) is 0.210. The first-order valence-electron chi connectivity index (χ1n) is 8.05. The molecule has 26 heavy (non-hydrogen) atoms. The first-order valence-corrected chi connectivity index (χ1v) is 8.05. The molecule has 0 bridgehead atoms. The van der Waals surface area contributed by atoms with Gasteiger partial charge in [0.15, 0.2) is 0 Å². The van der Waals surface area contributed by atoms with Crippen LogP contribution >= 0.6 is 0 Å². The summed E-state index contributed by atoms with van der Waals surface area (Å²) in [5, 5.41) is 14.9. The van der Waals surface area contributed by atoms with Crippen LogP contribution in [0.2, 0.25) is 0 Å². The highest BCUT2D eigenvalue weighted by atomic mass is 19.1. The highest BCUT2D eigenvalue weighted by Crippen LogP contribution is 2.22. The molecular weight excluding hydrogens is 341 g/mol. The van der Waals surface area contributed by atoms with E-state index in [9.17, 15) is 19.1 Å². The summed E-state index contributed by atoms with van der Waals surface area (Å²) in [7, 11) is 1.42. The number of nitrogens with one attached hydrogen (secondary N) is 2. The number of methoxy groups -OCH3 is 1. The second-order valence-corrected chi connectivity index (χ2v) is 6.09. The lowest BCUT2D eigenvalue weighted by atomic mass is 9.86. The van der Waals surface area contributed by atoms with Gasteiger partial charge in [-0.1, -0.05) is 0 Å². The third-order valence-electron chi connectivity index (χ3n) is 4.22. The number of halogens is 1. The lowest BCUT2D eigenvalue weighted by Crippen LogP contribution is -2.53. The van der Waals surface area contributed by atoms with Crippen LogP contribution in [0.3, 0.4) is 0 Å². The smallest absolute Gasteiger partial charge is 0.254 e. The van der Waals surface area contributed by atoms with Crippen molar-refractivity contribution in [2.75, 3.05) is 7.11 Å². The molecule has 1 aliphatic carbocycles. The average molecular weight is 359 g/mol. The fourth-order valence-electron chi connectivity index (χ4n) is 2.74. The van der Waals surface area contributed by atoms with E-state index in [0.717, 1.165) is 6.07 Å². The molecule has 1 aliphatic rings. The predicted octanol–water partition coefficient (Wildman–Crippen LogP) is 1.63. The Morgan fingerprint density at radius 2 is 1.85 bits per heavy atom. The number of amides is 2. The minimum atomic E-state index is -0.651. The van der Waals surface area contributed by atoms with Gasteiger partial charge in [0, 0.05) is 24.3 Å². The summed E-state index contributed by atoms with van der Waals surface area (Å²) in [6.45, 7) is 0. The minimum Gasteiger partial charge on any atom is -0.506 e. The Bertz CT molecular complexity index is 837. The SMILES string of the molecule is COc1ccc(C(=O)NC2CC(NC(=O)c3cncc(O)c3)C2)c(F)c1. The van der Waals surface area contributed by atoms with Gasteiger partial charge in [-0.2, -0.15) is 0 Å². The van der Waals surface area contributed by atoms with Crippen molar-refractivity contribution >= 4 is 11.8 Å². The molecule has 0 spiro atoms. The second-order valence-electron chi connectivity index (χ2n) is 6.09. The first-order chi connectivity index (χ1) is 12.5. The Morgan fingerprint density at radius 1 is 1.15 bits per heavy atom. The summed E-state index contributed by atoms with van der Waals surface area (Å²) in [5.74, 6) is -1.24. The zero-order valence-electron chi connectivity index (χ0n) is 14.0. The van der Waals surface area contributed by atoms with E-state index < -0.39 is 11.7 Å². The average Bonchev–Trinajstić information content (AvgIpc) is 2.59. The number of pyridine rings is 1. The van der Waals surface area contributed by atoms with Gasteiger partial charge >= 0.3 is 0 Å². The monoisotopic (exact) mass is 359 g/mol. The molecule has 7 nitrogen and oxygen atoms in total. The molecule has 2 amide bonds. The lowest BCUT2D eigenvalue weighted by molar-refractivity contribution is 0.0860. The Kier molecular flexibility index (Phi) is 5.01. The highest BCUT2D eigenvalue weighted by molar-refractivity contribution is 5.95. The molecule has 0 aliphatic heterocycles. The van der Waals surface area contributed by atoms with Gasteiger partial charge < -0.3 is 20.5 Å². The normalized spacial score (nSPS) is 18.5. The van der Waals surface area contributed by atoms with E-state index in [1.807, 2.05) is 0 Å². The molecular formula is C18H18FN3O4. The lowest BCUT2D eigenvalue weighted by Gasteiger charge is -2.36. The highest BCUT2D eigenvalue weighted by Gasteiger charge is 2.32. The molecule has 1 fully saturated rings. The molecule has 0 saturated heterocycles. The van der Waals surface area contributed by atoms with Crippen molar-refractivity contribution < 1.29 is 23.8 Å². The van der Waals surface area contributed by atoms with Crippen molar-refractivity contribution in [3.63, 3.8) is 0 Å². The van der Waals surface area contributed by atoms with E-state index >= 15 is 0 Å². The number of nitrogens with zero attached hydrogens (tertiary/aromatic N) is 1. The topological polar surface area (TPSA) is 101 Å². The van der Waals surface area contributed by atoms with Crippen molar-refractivity contribution in [1.82, 2.24) is 15.6 Å². The van der Waals surface area contributed by atoms with E-state index in [-0.39, 0.29) is 34.9 Å². The van der Waals surface area contributed by atoms with E-state index in [1.165, 1.54) is 37.7 Å². The van der Waals surface area contributed by atoms with Gasteiger partial charge in [0.05, 0.1) is 24.4 Å². The van der Waals surface area contributed by atoms with Crippen LogP contribution in [-0.4, -0.2) is 41.1 Å². The van der Waals surface area contributed by atoms with Crippen LogP contribution in [0.4, 0.5) is 4.39 Å². The molecule has 1 aromatic heterocycles. The van der Waals surface area contributed by atoms with Gasteiger partial charge in [0.2, 0.25) is 0 Å². The molecule has 1 saturated carbocycles. The minimum absolute atomic E-state index is 0.0517. The van der Waals surface area contributed by atoms with Crippen molar-refractivity contribution in [2.45, 2.75) is 24.9 Å². The zero-order chi connectivity index (χ0) is 18.7. The fourth-order valence-corrected chi connectivity index (χ4v) is 2.74.